The van der Waals surface area contributed by atoms with Crippen LogP contribution in [0.3, 0.4) is 0 Å². The Morgan fingerprint density at radius 1 is 1.06 bits per heavy atom. The number of rotatable bonds is 5. The molecule has 5 nitrogen and oxygen atoms in total. The van der Waals surface area contributed by atoms with Crippen LogP contribution >= 0.6 is 0 Å². The van der Waals surface area contributed by atoms with Gasteiger partial charge in [0.2, 0.25) is 10.0 Å². The number of sulfonamides is 1. The molecule has 0 amide bonds. The van der Waals surface area contributed by atoms with E-state index in [1.54, 1.807) is 6.07 Å². The average Bonchev–Trinajstić information content (AvgIpc) is 3.26. The van der Waals surface area contributed by atoms with Crippen molar-refractivity contribution in [2.24, 2.45) is 0 Å². The zero-order valence-corrected chi connectivity index (χ0v) is 19.2. The van der Waals surface area contributed by atoms with Crippen molar-refractivity contribution in [3.63, 3.8) is 0 Å². The van der Waals surface area contributed by atoms with E-state index in [2.05, 4.69) is 4.98 Å². The molecule has 4 rings (SSSR count). The molecule has 1 N–H and O–H groups in total. The lowest BCUT2D eigenvalue weighted by atomic mass is 10.1. The second-order valence-electron chi connectivity index (χ2n) is 8.68. The third-order valence-electron chi connectivity index (χ3n) is 6.20. The van der Waals surface area contributed by atoms with E-state index >= 15 is 0 Å². The maximum absolute atomic E-state index is 13.5. The molecular weight excluding hydrogens is 453 g/mol. The third kappa shape index (κ3) is 4.70. The van der Waals surface area contributed by atoms with Gasteiger partial charge in [-0.1, -0.05) is 30.5 Å². The van der Waals surface area contributed by atoms with Gasteiger partial charge in [-0.25, -0.2) is 8.42 Å². The number of H-pyrrole nitrogens is 1. The molecule has 0 bridgehead atoms. The van der Waals surface area contributed by atoms with Crippen LogP contribution < -0.4 is 5.56 Å². The van der Waals surface area contributed by atoms with Crippen molar-refractivity contribution < 1.29 is 21.6 Å². The fraction of sp³-hybridized carbons (Fsp3) is 0.375. The molecule has 1 fully saturated rings. The molecule has 1 saturated carbocycles. The van der Waals surface area contributed by atoms with Crippen LogP contribution in [0.25, 0.3) is 10.9 Å². The average molecular weight is 479 g/mol. The van der Waals surface area contributed by atoms with Gasteiger partial charge in [0.15, 0.2) is 0 Å². The number of pyridine rings is 1. The zero-order chi connectivity index (χ0) is 24.0. The molecule has 0 radical (unpaired) electrons. The number of aryl methyl sites for hydroxylation is 2. The Hall–Kier alpha value is -2.65. The normalized spacial score (nSPS) is 15.6. The number of aromatic nitrogens is 1. The van der Waals surface area contributed by atoms with Gasteiger partial charge >= 0.3 is 6.18 Å². The van der Waals surface area contributed by atoms with E-state index in [4.69, 9.17) is 0 Å². The van der Waals surface area contributed by atoms with Gasteiger partial charge in [-0.15, -0.1) is 0 Å². The van der Waals surface area contributed by atoms with Gasteiger partial charge in [0, 0.05) is 18.2 Å². The summed E-state index contributed by atoms with van der Waals surface area (Å²) < 4.78 is 67.9. The summed E-state index contributed by atoms with van der Waals surface area (Å²) in [5, 5.41) is 0.782. The smallest absolute Gasteiger partial charge is 0.321 e. The quantitative estimate of drug-likeness (QED) is 0.541. The first-order valence-electron chi connectivity index (χ1n) is 10.8. The molecule has 176 valence electrons. The topological polar surface area (TPSA) is 70.2 Å². The summed E-state index contributed by atoms with van der Waals surface area (Å²) in [6, 6.07) is 8.92. The largest absolute Gasteiger partial charge is 0.416 e. The van der Waals surface area contributed by atoms with E-state index in [1.807, 2.05) is 26.0 Å². The van der Waals surface area contributed by atoms with E-state index < -0.39 is 32.2 Å². The maximum Gasteiger partial charge on any atom is 0.416 e. The highest BCUT2D eigenvalue weighted by molar-refractivity contribution is 7.89. The van der Waals surface area contributed by atoms with Gasteiger partial charge in [-0.3, -0.25) is 4.79 Å². The van der Waals surface area contributed by atoms with Crippen molar-refractivity contribution in [2.45, 2.75) is 63.2 Å². The number of nitrogens with one attached hydrogen (secondary N) is 1. The molecule has 1 aliphatic carbocycles. The fourth-order valence-corrected chi connectivity index (χ4v) is 6.30. The van der Waals surface area contributed by atoms with Crippen molar-refractivity contribution in [3.05, 3.63) is 75.1 Å². The first kappa shape index (κ1) is 23.5. The van der Waals surface area contributed by atoms with Crippen molar-refractivity contribution >= 4 is 20.9 Å². The van der Waals surface area contributed by atoms with E-state index in [0.29, 0.717) is 24.4 Å². The van der Waals surface area contributed by atoms with Gasteiger partial charge < -0.3 is 4.98 Å². The summed E-state index contributed by atoms with van der Waals surface area (Å²) in [7, 11) is -4.27. The van der Waals surface area contributed by atoms with Crippen LogP contribution in [0, 0.1) is 13.8 Å². The first-order valence-corrected chi connectivity index (χ1v) is 12.2. The summed E-state index contributed by atoms with van der Waals surface area (Å²) >= 11 is 0. The van der Waals surface area contributed by atoms with Crippen molar-refractivity contribution in [3.8, 4) is 0 Å². The maximum atomic E-state index is 13.5. The third-order valence-corrected chi connectivity index (χ3v) is 8.09. The molecule has 1 aromatic heterocycles. The van der Waals surface area contributed by atoms with Gasteiger partial charge in [-0.2, -0.15) is 17.5 Å². The highest BCUT2D eigenvalue weighted by Gasteiger charge is 2.36. The molecular formula is C24H25F3N2O3S. The summed E-state index contributed by atoms with van der Waals surface area (Å²) in [6.07, 6.45) is -1.81. The standard InChI is InChI=1S/C24H25F3N2O3S/c1-15-10-16(2)22-17(11-15)12-18(23(30)28-22)14-29(20-7-3-4-8-20)33(31,32)21-9-5-6-19(13-21)24(25,26)27/h5-6,9-13,20H,3-4,7-8,14H2,1-2H3,(H,28,30). The van der Waals surface area contributed by atoms with Crippen LogP contribution in [0.2, 0.25) is 0 Å². The Morgan fingerprint density at radius 2 is 1.76 bits per heavy atom. The number of hydrogen-bond donors (Lipinski definition) is 1. The minimum atomic E-state index is -4.66. The molecule has 1 aliphatic rings. The second kappa shape index (κ2) is 8.61. The van der Waals surface area contributed by atoms with Gasteiger partial charge in [0.05, 0.1) is 16.0 Å². The number of hydrogen-bond acceptors (Lipinski definition) is 3. The number of alkyl halides is 3. The summed E-state index contributed by atoms with van der Waals surface area (Å²) in [5.41, 5.74) is 1.42. The molecule has 1 heterocycles. The summed E-state index contributed by atoms with van der Waals surface area (Å²) in [5.74, 6) is 0. The number of halogens is 3. The summed E-state index contributed by atoms with van der Waals surface area (Å²) in [4.78, 5) is 15.3. The van der Waals surface area contributed by atoms with Crippen LogP contribution in [0.1, 0.15) is 47.9 Å². The minimum Gasteiger partial charge on any atom is -0.321 e. The molecule has 0 saturated heterocycles. The van der Waals surface area contributed by atoms with Crippen molar-refractivity contribution in [1.29, 1.82) is 0 Å². The highest BCUT2D eigenvalue weighted by atomic mass is 32.2. The number of aromatic amines is 1. The predicted octanol–water partition coefficient (Wildman–Crippen LogP) is 5.30. The molecule has 0 aliphatic heterocycles. The van der Waals surface area contributed by atoms with E-state index in [1.165, 1.54) is 10.4 Å². The van der Waals surface area contributed by atoms with Crippen LogP contribution in [-0.2, 0) is 22.7 Å². The van der Waals surface area contributed by atoms with Crippen molar-refractivity contribution in [1.82, 2.24) is 9.29 Å². The van der Waals surface area contributed by atoms with Crippen molar-refractivity contribution in [2.75, 3.05) is 0 Å². The lowest BCUT2D eigenvalue weighted by molar-refractivity contribution is -0.137. The monoisotopic (exact) mass is 478 g/mol. The molecule has 0 atom stereocenters. The first-order chi connectivity index (χ1) is 15.5. The Kier molecular flexibility index (Phi) is 6.13. The molecule has 9 heteroatoms. The van der Waals surface area contributed by atoms with Crippen LogP contribution in [0.5, 0.6) is 0 Å². The highest BCUT2D eigenvalue weighted by Crippen LogP contribution is 2.34. The minimum absolute atomic E-state index is 0.207. The molecule has 0 unspecified atom stereocenters. The van der Waals surface area contributed by atoms with Gasteiger partial charge in [0.1, 0.15) is 0 Å². The Morgan fingerprint density at radius 3 is 2.42 bits per heavy atom. The molecule has 2 aromatic carbocycles. The second-order valence-corrected chi connectivity index (χ2v) is 10.6. The number of fused-ring (bicyclic) bond motifs is 1. The van der Waals surface area contributed by atoms with Gasteiger partial charge in [-0.05, 0) is 68.0 Å². The Labute approximate surface area is 190 Å². The van der Waals surface area contributed by atoms with E-state index in [0.717, 1.165) is 41.5 Å². The summed E-state index contributed by atoms with van der Waals surface area (Å²) in [6.45, 7) is 3.61. The molecule has 33 heavy (non-hydrogen) atoms. The lowest BCUT2D eigenvalue weighted by Crippen LogP contribution is -2.39. The number of nitrogens with zero attached hydrogens (tertiary/aromatic N) is 1. The zero-order valence-electron chi connectivity index (χ0n) is 18.4. The lowest BCUT2D eigenvalue weighted by Gasteiger charge is -2.28. The predicted molar refractivity (Wildman–Crippen MR) is 120 cm³/mol. The van der Waals surface area contributed by atoms with Crippen LogP contribution in [0.15, 0.2) is 52.2 Å². The molecule has 0 spiro atoms. The molecule has 3 aromatic rings. The fourth-order valence-electron chi connectivity index (χ4n) is 4.59. The van der Waals surface area contributed by atoms with E-state index in [9.17, 15) is 26.4 Å². The Bertz CT molecular complexity index is 1360. The SMILES string of the molecule is Cc1cc(C)c2[nH]c(=O)c(CN(C3CCCC3)S(=O)(=O)c3cccc(C(F)(F)F)c3)cc2c1. The van der Waals surface area contributed by atoms with Crippen LogP contribution in [0.4, 0.5) is 13.2 Å². The van der Waals surface area contributed by atoms with E-state index in [-0.39, 0.29) is 18.2 Å². The number of benzene rings is 2. The Balaban J connectivity index is 1.79. The van der Waals surface area contributed by atoms with Crippen LogP contribution in [-0.4, -0.2) is 23.7 Å². The van der Waals surface area contributed by atoms with Gasteiger partial charge in [0.25, 0.3) is 5.56 Å².